The molecule has 0 spiro atoms. The van der Waals surface area contributed by atoms with Crippen LogP contribution in [0.5, 0.6) is 0 Å². The molecule has 0 aliphatic carbocycles. The fraction of sp³-hybridized carbons (Fsp3) is 0.278. The van der Waals surface area contributed by atoms with E-state index in [1.807, 2.05) is 40.6 Å². The van der Waals surface area contributed by atoms with E-state index in [9.17, 15) is 9.18 Å². The van der Waals surface area contributed by atoms with Crippen molar-refractivity contribution in [1.82, 2.24) is 4.90 Å². The van der Waals surface area contributed by atoms with Gasteiger partial charge in [0.2, 0.25) is 5.91 Å². The van der Waals surface area contributed by atoms with Crippen molar-refractivity contribution in [2.24, 2.45) is 0 Å². The maximum atomic E-state index is 13.9. The summed E-state index contributed by atoms with van der Waals surface area (Å²) >= 11 is 3.34. The van der Waals surface area contributed by atoms with E-state index in [-0.39, 0.29) is 17.0 Å². The van der Waals surface area contributed by atoms with Gasteiger partial charge in [-0.2, -0.15) is 11.8 Å². The Morgan fingerprint density at radius 2 is 2.09 bits per heavy atom. The summed E-state index contributed by atoms with van der Waals surface area (Å²) in [6, 6.07) is 10.9. The third-order valence-corrected chi connectivity index (χ3v) is 5.99. The van der Waals surface area contributed by atoms with Crippen LogP contribution in [0, 0.1) is 5.82 Å². The van der Waals surface area contributed by atoms with Crippen molar-refractivity contribution in [3.8, 4) is 0 Å². The zero-order chi connectivity index (χ0) is 16.1. The molecule has 1 amide bonds. The van der Waals surface area contributed by atoms with Gasteiger partial charge in [-0.15, -0.1) is 11.3 Å². The summed E-state index contributed by atoms with van der Waals surface area (Å²) in [5.41, 5.74) is 0.751. The molecular weight excluding hydrogens is 329 g/mol. The van der Waals surface area contributed by atoms with Crippen molar-refractivity contribution in [1.29, 1.82) is 0 Å². The van der Waals surface area contributed by atoms with E-state index in [4.69, 9.17) is 0 Å². The molecule has 1 aromatic carbocycles. The summed E-state index contributed by atoms with van der Waals surface area (Å²) in [4.78, 5) is 15.3. The van der Waals surface area contributed by atoms with E-state index in [0.29, 0.717) is 13.1 Å². The zero-order valence-electron chi connectivity index (χ0n) is 12.7. The van der Waals surface area contributed by atoms with Crippen molar-refractivity contribution < 1.29 is 9.18 Å². The lowest BCUT2D eigenvalue weighted by atomic mass is 10.1. The third kappa shape index (κ3) is 4.24. The van der Waals surface area contributed by atoms with Crippen molar-refractivity contribution in [2.45, 2.75) is 11.7 Å². The number of amides is 1. The first-order chi connectivity index (χ1) is 11.2. The fourth-order valence-electron chi connectivity index (χ4n) is 2.62. The number of hydrogen-bond donors (Lipinski definition) is 0. The Balaban J connectivity index is 1.62. The number of rotatable bonds is 3. The zero-order valence-corrected chi connectivity index (χ0v) is 14.3. The SMILES string of the molecule is O=C(/C=C/c1cccs1)N1CCSC(c2ccccc2F)CC1. The van der Waals surface area contributed by atoms with Crippen LogP contribution in [0.2, 0.25) is 0 Å². The molecule has 2 heterocycles. The van der Waals surface area contributed by atoms with E-state index >= 15 is 0 Å². The minimum atomic E-state index is -0.151. The molecule has 0 N–H and O–H groups in total. The number of nitrogens with zero attached hydrogens (tertiary/aromatic N) is 1. The molecule has 3 rings (SSSR count). The molecular formula is C18H18FNOS2. The lowest BCUT2D eigenvalue weighted by Crippen LogP contribution is -2.31. The molecule has 1 aliphatic rings. The Bertz CT molecular complexity index is 684. The second-order valence-electron chi connectivity index (χ2n) is 5.34. The van der Waals surface area contributed by atoms with Crippen molar-refractivity contribution in [2.75, 3.05) is 18.8 Å². The fourth-order valence-corrected chi connectivity index (χ4v) is 4.49. The van der Waals surface area contributed by atoms with Gasteiger partial charge in [0.1, 0.15) is 5.82 Å². The van der Waals surface area contributed by atoms with Crippen LogP contribution in [0.1, 0.15) is 22.1 Å². The van der Waals surface area contributed by atoms with Gasteiger partial charge < -0.3 is 4.90 Å². The van der Waals surface area contributed by atoms with Crippen LogP contribution in [0.15, 0.2) is 47.9 Å². The van der Waals surface area contributed by atoms with E-state index in [1.165, 1.54) is 6.07 Å². The van der Waals surface area contributed by atoms with Crippen LogP contribution in [0.25, 0.3) is 6.08 Å². The first-order valence-electron chi connectivity index (χ1n) is 7.60. The molecule has 2 aromatic rings. The normalized spacial score (nSPS) is 19.0. The summed E-state index contributed by atoms with van der Waals surface area (Å²) < 4.78 is 13.9. The Kier molecular flexibility index (Phi) is 5.51. The number of thioether (sulfide) groups is 1. The molecule has 1 fully saturated rings. The monoisotopic (exact) mass is 347 g/mol. The van der Waals surface area contributed by atoms with Crippen molar-refractivity contribution in [3.63, 3.8) is 0 Å². The molecule has 0 radical (unpaired) electrons. The van der Waals surface area contributed by atoms with Gasteiger partial charge in [-0.3, -0.25) is 4.79 Å². The van der Waals surface area contributed by atoms with Crippen LogP contribution in [0.3, 0.4) is 0 Å². The van der Waals surface area contributed by atoms with Gasteiger partial charge >= 0.3 is 0 Å². The summed E-state index contributed by atoms with van der Waals surface area (Å²) in [6.07, 6.45) is 4.28. The number of benzene rings is 1. The number of carbonyl (C=O) groups is 1. The Hall–Kier alpha value is -1.59. The predicted molar refractivity (Wildman–Crippen MR) is 96.1 cm³/mol. The molecule has 2 nitrogen and oxygen atoms in total. The largest absolute Gasteiger partial charge is 0.338 e. The summed E-state index contributed by atoms with van der Waals surface area (Å²) in [7, 11) is 0. The number of carbonyl (C=O) groups excluding carboxylic acids is 1. The lowest BCUT2D eigenvalue weighted by Gasteiger charge is -2.18. The maximum Gasteiger partial charge on any atom is 0.246 e. The minimum absolute atomic E-state index is 0.0354. The average molecular weight is 347 g/mol. The molecule has 1 aromatic heterocycles. The number of thiophene rings is 1. The third-order valence-electron chi connectivity index (χ3n) is 3.84. The lowest BCUT2D eigenvalue weighted by molar-refractivity contribution is -0.125. The standard InChI is InChI=1S/C18H18FNOS2/c19-16-6-2-1-5-15(16)17-9-10-20(11-13-23-17)18(21)8-7-14-4-3-12-22-14/h1-8,12,17H,9-11,13H2/b8-7+. The van der Waals surface area contributed by atoms with Gasteiger partial charge in [0.05, 0.1) is 0 Å². The summed E-state index contributed by atoms with van der Waals surface area (Å²) in [6.45, 7) is 1.38. The Labute approximate surface area is 144 Å². The van der Waals surface area contributed by atoms with Gasteiger partial charge in [-0.1, -0.05) is 24.3 Å². The molecule has 5 heteroatoms. The quantitative estimate of drug-likeness (QED) is 0.756. The molecule has 1 saturated heterocycles. The number of halogens is 1. The molecule has 0 saturated carbocycles. The van der Waals surface area contributed by atoms with E-state index in [2.05, 4.69) is 0 Å². The van der Waals surface area contributed by atoms with Crippen LogP contribution in [-0.2, 0) is 4.79 Å². The van der Waals surface area contributed by atoms with Crippen molar-refractivity contribution in [3.05, 3.63) is 64.1 Å². The summed E-state index contributed by atoms with van der Waals surface area (Å²) in [5.74, 6) is 0.716. The topological polar surface area (TPSA) is 20.3 Å². The van der Waals surface area contributed by atoms with Crippen LogP contribution in [0.4, 0.5) is 4.39 Å². The average Bonchev–Trinajstić information content (AvgIpc) is 2.96. The molecule has 23 heavy (non-hydrogen) atoms. The second kappa shape index (κ2) is 7.79. The maximum absolute atomic E-state index is 13.9. The predicted octanol–water partition coefficient (Wildman–Crippen LogP) is 4.61. The van der Waals surface area contributed by atoms with Crippen LogP contribution < -0.4 is 0 Å². The van der Waals surface area contributed by atoms with Gasteiger partial charge in [-0.05, 0) is 30.0 Å². The van der Waals surface area contributed by atoms with Gasteiger partial charge in [0.25, 0.3) is 0 Å². The minimum Gasteiger partial charge on any atom is -0.338 e. The highest BCUT2D eigenvalue weighted by Gasteiger charge is 2.22. The number of hydrogen-bond acceptors (Lipinski definition) is 3. The highest BCUT2D eigenvalue weighted by atomic mass is 32.2. The molecule has 1 atom stereocenters. The van der Waals surface area contributed by atoms with Gasteiger partial charge in [0, 0.05) is 40.6 Å². The van der Waals surface area contributed by atoms with E-state index in [0.717, 1.165) is 22.6 Å². The van der Waals surface area contributed by atoms with Crippen molar-refractivity contribution >= 4 is 35.1 Å². The van der Waals surface area contributed by atoms with Gasteiger partial charge in [-0.25, -0.2) is 4.39 Å². The first kappa shape index (κ1) is 16.3. The van der Waals surface area contributed by atoms with Crippen LogP contribution >= 0.6 is 23.1 Å². The first-order valence-corrected chi connectivity index (χ1v) is 9.53. The smallest absolute Gasteiger partial charge is 0.246 e. The van der Waals surface area contributed by atoms with Crippen LogP contribution in [-0.4, -0.2) is 29.6 Å². The van der Waals surface area contributed by atoms with E-state index in [1.54, 1.807) is 35.2 Å². The second-order valence-corrected chi connectivity index (χ2v) is 7.63. The molecule has 1 unspecified atom stereocenters. The molecule has 1 aliphatic heterocycles. The molecule has 0 bridgehead atoms. The highest BCUT2D eigenvalue weighted by molar-refractivity contribution is 7.99. The van der Waals surface area contributed by atoms with Gasteiger partial charge in [0.15, 0.2) is 0 Å². The summed E-state index contributed by atoms with van der Waals surface area (Å²) in [5, 5.41) is 2.11. The highest BCUT2D eigenvalue weighted by Crippen LogP contribution is 2.35. The van der Waals surface area contributed by atoms with E-state index < -0.39 is 0 Å². The molecule has 120 valence electrons. The Morgan fingerprint density at radius 1 is 1.22 bits per heavy atom. The Morgan fingerprint density at radius 3 is 2.87 bits per heavy atom.